The van der Waals surface area contributed by atoms with Crippen LogP contribution in [0.1, 0.15) is 92.8 Å². The van der Waals surface area contributed by atoms with Gasteiger partial charge in [0.15, 0.2) is 5.78 Å². The SMILES string of the molecule is CCCCNC(=O)N1CCC(c2cc3c(Cc4ccccc4)c(C(=O)CC(C)(C)C)cnc3cc2OC)CC1. The lowest BCUT2D eigenvalue weighted by molar-refractivity contribution is 0.0939. The van der Waals surface area contributed by atoms with E-state index in [9.17, 15) is 9.59 Å². The zero-order valence-corrected chi connectivity index (χ0v) is 24.2. The monoisotopic (exact) mass is 529 g/mol. The van der Waals surface area contributed by atoms with Gasteiger partial charge in [0.1, 0.15) is 5.75 Å². The van der Waals surface area contributed by atoms with E-state index in [-0.39, 0.29) is 23.1 Å². The molecule has 0 bridgehead atoms. The van der Waals surface area contributed by atoms with E-state index >= 15 is 0 Å². The number of pyridine rings is 1. The largest absolute Gasteiger partial charge is 0.496 e. The van der Waals surface area contributed by atoms with Gasteiger partial charge < -0.3 is 15.0 Å². The number of amides is 2. The number of hydrogen-bond donors (Lipinski definition) is 1. The van der Waals surface area contributed by atoms with Crippen molar-refractivity contribution in [2.75, 3.05) is 26.7 Å². The van der Waals surface area contributed by atoms with Crippen molar-refractivity contribution < 1.29 is 14.3 Å². The van der Waals surface area contributed by atoms with Gasteiger partial charge in [0, 0.05) is 49.3 Å². The van der Waals surface area contributed by atoms with Crippen LogP contribution >= 0.6 is 0 Å². The van der Waals surface area contributed by atoms with E-state index in [1.807, 2.05) is 29.2 Å². The summed E-state index contributed by atoms with van der Waals surface area (Å²) in [5.74, 6) is 1.21. The van der Waals surface area contributed by atoms with Crippen molar-refractivity contribution in [3.05, 3.63) is 70.9 Å². The second-order valence-corrected chi connectivity index (χ2v) is 11.9. The van der Waals surface area contributed by atoms with Crippen molar-refractivity contribution in [2.24, 2.45) is 5.41 Å². The first-order chi connectivity index (χ1) is 18.7. The minimum Gasteiger partial charge on any atom is -0.496 e. The van der Waals surface area contributed by atoms with Crippen LogP contribution < -0.4 is 10.1 Å². The molecule has 0 saturated carbocycles. The molecule has 1 fully saturated rings. The van der Waals surface area contributed by atoms with Gasteiger partial charge in [-0.1, -0.05) is 64.4 Å². The van der Waals surface area contributed by atoms with Crippen molar-refractivity contribution in [3.8, 4) is 5.75 Å². The van der Waals surface area contributed by atoms with Crippen molar-refractivity contribution in [1.29, 1.82) is 0 Å². The first-order valence-corrected chi connectivity index (χ1v) is 14.3. The molecule has 0 atom stereocenters. The maximum atomic E-state index is 13.5. The number of nitrogens with one attached hydrogen (secondary N) is 1. The fourth-order valence-electron chi connectivity index (χ4n) is 5.47. The van der Waals surface area contributed by atoms with Crippen LogP contribution in [0.5, 0.6) is 5.75 Å². The van der Waals surface area contributed by atoms with Gasteiger partial charge in [-0.15, -0.1) is 0 Å². The minimum absolute atomic E-state index is 0.0312. The Kier molecular flexibility index (Phi) is 9.26. The number of aromatic nitrogens is 1. The number of benzene rings is 2. The van der Waals surface area contributed by atoms with Crippen LogP contribution in [0.25, 0.3) is 10.9 Å². The minimum atomic E-state index is -0.113. The Morgan fingerprint density at radius 3 is 2.46 bits per heavy atom. The summed E-state index contributed by atoms with van der Waals surface area (Å²) in [6, 6.07) is 14.6. The molecule has 2 aromatic carbocycles. The predicted molar refractivity (Wildman–Crippen MR) is 158 cm³/mol. The molecule has 0 unspecified atom stereocenters. The van der Waals surface area contributed by atoms with Crippen molar-refractivity contribution in [3.63, 3.8) is 0 Å². The van der Waals surface area contributed by atoms with Gasteiger partial charge in [0.05, 0.1) is 12.6 Å². The highest BCUT2D eigenvalue weighted by Crippen LogP contribution is 2.39. The first kappa shape index (κ1) is 28.6. The Morgan fingerprint density at radius 1 is 1.10 bits per heavy atom. The third-order valence-electron chi connectivity index (χ3n) is 7.57. The van der Waals surface area contributed by atoms with Crippen LogP contribution in [-0.4, -0.2) is 48.4 Å². The molecule has 0 spiro atoms. The van der Waals surface area contributed by atoms with Gasteiger partial charge >= 0.3 is 6.03 Å². The number of carbonyl (C=O) groups is 2. The van der Waals surface area contributed by atoms with E-state index in [4.69, 9.17) is 9.72 Å². The number of carbonyl (C=O) groups excluding carboxylic acids is 2. The maximum Gasteiger partial charge on any atom is 0.317 e. The molecule has 0 radical (unpaired) electrons. The number of nitrogens with zero attached hydrogens (tertiary/aromatic N) is 2. The summed E-state index contributed by atoms with van der Waals surface area (Å²) in [5, 5.41) is 4.05. The molecule has 4 rings (SSSR count). The molecule has 2 heterocycles. The van der Waals surface area contributed by atoms with Crippen molar-refractivity contribution in [1.82, 2.24) is 15.2 Å². The molecule has 1 aliphatic rings. The summed E-state index contributed by atoms with van der Waals surface area (Å²) in [4.78, 5) is 32.8. The molecule has 6 heteroatoms. The summed E-state index contributed by atoms with van der Waals surface area (Å²) >= 11 is 0. The quantitative estimate of drug-likeness (QED) is 0.236. The Balaban J connectivity index is 1.70. The molecule has 1 N–H and O–H groups in total. The van der Waals surface area contributed by atoms with Gasteiger partial charge in [-0.25, -0.2) is 4.79 Å². The molecular formula is C33H43N3O3. The van der Waals surface area contributed by atoms with Gasteiger partial charge in [0.2, 0.25) is 0 Å². The Hall–Kier alpha value is -3.41. The van der Waals surface area contributed by atoms with Gasteiger partial charge in [-0.3, -0.25) is 9.78 Å². The highest BCUT2D eigenvalue weighted by molar-refractivity contribution is 6.02. The molecule has 1 aliphatic heterocycles. The molecule has 39 heavy (non-hydrogen) atoms. The van der Waals surface area contributed by atoms with E-state index in [1.54, 1.807) is 13.3 Å². The highest BCUT2D eigenvalue weighted by Gasteiger charge is 2.27. The first-order valence-electron chi connectivity index (χ1n) is 14.3. The van der Waals surface area contributed by atoms with Crippen molar-refractivity contribution in [2.45, 2.75) is 72.1 Å². The lowest BCUT2D eigenvalue weighted by Gasteiger charge is -2.33. The summed E-state index contributed by atoms with van der Waals surface area (Å²) in [6.45, 7) is 10.5. The second-order valence-electron chi connectivity index (χ2n) is 11.9. The van der Waals surface area contributed by atoms with E-state index in [2.05, 4.69) is 51.2 Å². The van der Waals surface area contributed by atoms with Crippen LogP contribution in [0.2, 0.25) is 0 Å². The van der Waals surface area contributed by atoms with E-state index < -0.39 is 0 Å². The number of unbranched alkanes of at least 4 members (excludes halogenated alkanes) is 1. The molecular weight excluding hydrogens is 486 g/mol. The summed E-state index contributed by atoms with van der Waals surface area (Å²) in [5.41, 5.74) is 4.74. The van der Waals surface area contributed by atoms with Crippen LogP contribution in [0.15, 0.2) is 48.7 Å². The number of likely N-dealkylation sites (tertiary alicyclic amines) is 1. The Labute approximate surface area is 233 Å². The van der Waals surface area contributed by atoms with Crippen LogP contribution in [-0.2, 0) is 6.42 Å². The summed E-state index contributed by atoms with van der Waals surface area (Å²) < 4.78 is 5.85. The standard InChI is InChI=1S/C33H43N3O3/c1-6-7-15-34-32(38)36-16-13-24(14-17-36)25-19-27-26(18-23-11-9-8-10-12-23)28(30(37)21-33(2,3)4)22-35-29(27)20-31(25)39-5/h8-12,19-20,22,24H,6-7,13-18,21H2,1-5H3,(H,34,38). The van der Waals surface area contributed by atoms with Crippen molar-refractivity contribution >= 4 is 22.7 Å². The Morgan fingerprint density at radius 2 is 1.82 bits per heavy atom. The Bertz CT molecular complexity index is 1290. The van der Waals surface area contributed by atoms with Gasteiger partial charge in [-0.2, -0.15) is 0 Å². The number of fused-ring (bicyclic) bond motifs is 1. The topological polar surface area (TPSA) is 71.5 Å². The summed E-state index contributed by atoms with van der Waals surface area (Å²) in [7, 11) is 1.70. The lowest BCUT2D eigenvalue weighted by atomic mass is 9.84. The molecule has 3 aromatic rings. The fourth-order valence-corrected chi connectivity index (χ4v) is 5.47. The summed E-state index contributed by atoms with van der Waals surface area (Å²) in [6.07, 6.45) is 6.67. The van der Waals surface area contributed by atoms with E-state index in [0.29, 0.717) is 31.5 Å². The van der Waals surface area contributed by atoms with Gasteiger partial charge in [0.25, 0.3) is 0 Å². The highest BCUT2D eigenvalue weighted by atomic mass is 16.5. The lowest BCUT2D eigenvalue weighted by Crippen LogP contribution is -2.44. The molecule has 1 aromatic heterocycles. The molecule has 2 amide bonds. The number of methoxy groups -OCH3 is 1. The van der Waals surface area contributed by atoms with Gasteiger partial charge in [-0.05, 0) is 59.8 Å². The third-order valence-corrected chi connectivity index (χ3v) is 7.57. The fraction of sp³-hybridized carbons (Fsp3) is 0.485. The average Bonchev–Trinajstić information content (AvgIpc) is 2.92. The van der Waals surface area contributed by atoms with E-state index in [1.165, 1.54) is 0 Å². The second kappa shape index (κ2) is 12.6. The number of piperidine rings is 1. The predicted octanol–water partition coefficient (Wildman–Crippen LogP) is 7.14. The molecule has 6 nitrogen and oxygen atoms in total. The smallest absolute Gasteiger partial charge is 0.317 e. The number of ether oxygens (including phenoxy) is 1. The maximum absolute atomic E-state index is 13.5. The van der Waals surface area contributed by atoms with Crippen LogP contribution in [0.3, 0.4) is 0 Å². The van der Waals surface area contributed by atoms with Crippen LogP contribution in [0, 0.1) is 5.41 Å². The zero-order valence-electron chi connectivity index (χ0n) is 24.2. The number of Topliss-reactive ketones (excluding diaryl/α,β-unsaturated/α-hetero) is 1. The number of urea groups is 1. The normalized spacial score (nSPS) is 14.4. The average molecular weight is 530 g/mol. The number of rotatable bonds is 9. The zero-order chi connectivity index (χ0) is 28.0. The number of hydrogen-bond acceptors (Lipinski definition) is 4. The molecule has 208 valence electrons. The third kappa shape index (κ3) is 7.17. The molecule has 1 saturated heterocycles. The van der Waals surface area contributed by atoms with E-state index in [0.717, 1.165) is 65.6 Å². The van der Waals surface area contributed by atoms with Crippen LogP contribution in [0.4, 0.5) is 4.79 Å². The number of ketones is 1. The molecule has 0 aliphatic carbocycles.